The Morgan fingerprint density at radius 1 is 0.955 bits per heavy atom. The molecule has 0 aromatic rings. The summed E-state index contributed by atoms with van der Waals surface area (Å²) in [5.41, 5.74) is 6.17. The lowest BCUT2D eigenvalue weighted by Crippen LogP contribution is -2.26. The molecule has 4 saturated carbocycles. The van der Waals surface area contributed by atoms with E-state index in [1.165, 1.54) is 43.9 Å². The third-order valence-corrected chi connectivity index (χ3v) is 7.00. The van der Waals surface area contributed by atoms with Crippen molar-refractivity contribution in [3.05, 3.63) is 0 Å². The fraction of sp³-hybridized carbons (Fsp3) is 0.875. The second-order valence-electron chi connectivity index (χ2n) is 7.76. The molecule has 4 bridgehead atoms. The van der Waals surface area contributed by atoms with Gasteiger partial charge in [-0.25, -0.2) is 10.2 Å². The van der Waals surface area contributed by atoms with Crippen molar-refractivity contribution in [3.8, 4) is 0 Å². The van der Waals surface area contributed by atoms with Crippen LogP contribution in [0.1, 0.15) is 64.2 Å². The lowest BCUT2D eigenvalue weighted by Gasteiger charge is -2.23. The number of amidine groups is 1. The lowest BCUT2D eigenvalue weighted by molar-refractivity contribution is -0.151. The SMILES string of the molecule is NC(=NC12CCC(CC1)C2)SC(=NC12CCC(CC1)C2)OO. The number of nitrogens with two attached hydrogens (primary N) is 1. The minimum absolute atomic E-state index is 0.0138. The summed E-state index contributed by atoms with van der Waals surface area (Å²) >= 11 is 1.19. The second kappa shape index (κ2) is 5.41. The highest BCUT2D eigenvalue weighted by Crippen LogP contribution is 2.51. The van der Waals surface area contributed by atoms with E-state index in [-0.39, 0.29) is 16.3 Å². The van der Waals surface area contributed by atoms with Crippen molar-refractivity contribution in [1.29, 1.82) is 0 Å². The molecule has 0 aromatic carbocycles. The highest BCUT2D eigenvalue weighted by atomic mass is 32.2. The molecule has 4 aliphatic carbocycles. The van der Waals surface area contributed by atoms with E-state index in [1.807, 2.05) is 0 Å². The fourth-order valence-electron chi connectivity index (χ4n) is 5.24. The van der Waals surface area contributed by atoms with Crippen LogP contribution in [0.15, 0.2) is 9.98 Å². The zero-order valence-corrected chi connectivity index (χ0v) is 13.8. The first-order chi connectivity index (χ1) is 10.6. The monoisotopic (exact) mass is 323 g/mol. The van der Waals surface area contributed by atoms with Gasteiger partial charge in [-0.15, -0.1) is 0 Å². The van der Waals surface area contributed by atoms with E-state index in [0.717, 1.165) is 43.9 Å². The van der Waals surface area contributed by atoms with Crippen LogP contribution in [-0.4, -0.2) is 26.7 Å². The Hall–Kier alpha value is -0.750. The third-order valence-electron chi connectivity index (χ3n) is 6.35. The van der Waals surface area contributed by atoms with Gasteiger partial charge in [0.25, 0.3) is 5.23 Å². The van der Waals surface area contributed by atoms with E-state index in [1.54, 1.807) is 0 Å². The van der Waals surface area contributed by atoms with Crippen molar-refractivity contribution in [2.24, 2.45) is 27.6 Å². The van der Waals surface area contributed by atoms with Crippen molar-refractivity contribution in [1.82, 2.24) is 0 Å². The Morgan fingerprint density at radius 3 is 1.86 bits per heavy atom. The minimum atomic E-state index is -0.0138. The highest BCUT2D eigenvalue weighted by molar-refractivity contribution is 8.26. The van der Waals surface area contributed by atoms with E-state index >= 15 is 0 Å². The molecule has 0 amide bonds. The average molecular weight is 323 g/mol. The molecule has 0 aromatic heterocycles. The van der Waals surface area contributed by atoms with E-state index < -0.39 is 0 Å². The summed E-state index contributed by atoms with van der Waals surface area (Å²) in [6, 6.07) is 0. The summed E-state index contributed by atoms with van der Waals surface area (Å²) in [6.07, 6.45) is 11.9. The van der Waals surface area contributed by atoms with Crippen LogP contribution in [-0.2, 0) is 4.89 Å². The molecule has 0 spiro atoms. The van der Waals surface area contributed by atoms with Gasteiger partial charge in [-0.3, -0.25) is 4.99 Å². The average Bonchev–Trinajstić information content (AvgIpc) is 3.25. The Labute approximate surface area is 135 Å². The molecule has 4 fully saturated rings. The van der Waals surface area contributed by atoms with Crippen LogP contribution in [0.2, 0.25) is 0 Å². The van der Waals surface area contributed by atoms with Crippen molar-refractivity contribution in [3.63, 3.8) is 0 Å². The van der Waals surface area contributed by atoms with Crippen molar-refractivity contribution in [2.75, 3.05) is 0 Å². The molecule has 4 rings (SSSR count). The van der Waals surface area contributed by atoms with Gasteiger partial charge in [0.2, 0.25) is 0 Å². The maximum atomic E-state index is 9.19. The largest absolute Gasteiger partial charge is 0.378 e. The third kappa shape index (κ3) is 2.64. The van der Waals surface area contributed by atoms with E-state index in [2.05, 4.69) is 4.89 Å². The molecule has 22 heavy (non-hydrogen) atoms. The van der Waals surface area contributed by atoms with Gasteiger partial charge in [0.05, 0.1) is 11.1 Å². The highest BCUT2D eigenvalue weighted by Gasteiger charge is 2.46. The molecule has 0 heterocycles. The van der Waals surface area contributed by atoms with Crippen LogP contribution >= 0.6 is 11.8 Å². The summed E-state index contributed by atoms with van der Waals surface area (Å²) < 4.78 is 0. The second-order valence-corrected chi connectivity index (χ2v) is 8.74. The van der Waals surface area contributed by atoms with Gasteiger partial charge in [-0.05, 0) is 76.0 Å². The van der Waals surface area contributed by atoms with Crippen LogP contribution in [0.25, 0.3) is 0 Å². The van der Waals surface area contributed by atoms with E-state index in [9.17, 15) is 5.26 Å². The molecule has 0 radical (unpaired) electrons. The van der Waals surface area contributed by atoms with Crippen LogP contribution in [0.3, 0.4) is 0 Å². The number of aliphatic imine (C=N–C) groups is 2. The van der Waals surface area contributed by atoms with Crippen molar-refractivity contribution >= 4 is 22.2 Å². The molecule has 5 nitrogen and oxygen atoms in total. The maximum Gasteiger partial charge on any atom is 0.294 e. The van der Waals surface area contributed by atoms with Gasteiger partial charge in [0.1, 0.15) is 0 Å². The number of hydrogen-bond acceptors (Lipinski definition) is 5. The van der Waals surface area contributed by atoms with Crippen molar-refractivity contribution in [2.45, 2.75) is 75.3 Å². The molecule has 6 heteroatoms. The maximum absolute atomic E-state index is 9.19. The summed E-state index contributed by atoms with van der Waals surface area (Å²) in [4.78, 5) is 14.0. The first-order valence-corrected chi connectivity index (χ1v) is 9.37. The van der Waals surface area contributed by atoms with Gasteiger partial charge >= 0.3 is 0 Å². The van der Waals surface area contributed by atoms with Crippen LogP contribution in [0.4, 0.5) is 0 Å². The van der Waals surface area contributed by atoms with Gasteiger partial charge in [0.15, 0.2) is 5.17 Å². The van der Waals surface area contributed by atoms with Crippen LogP contribution in [0, 0.1) is 11.8 Å². The molecule has 3 N–H and O–H groups in total. The summed E-state index contributed by atoms with van der Waals surface area (Å²) in [5, 5.41) is 9.94. The van der Waals surface area contributed by atoms with Gasteiger partial charge < -0.3 is 10.6 Å². The fourth-order valence-corrected chi connectivity index (χ4v) is 5.93. The molecule has 4 aliphatic rings. The predicted octanol–water partition coefficient (Wildman–Crippen LogP) is 3.55. The van der Waals surface area contributed by atoms with Gasteiger partial charge in [-0.2, -0.15) is 0 Å². The zero-order valence-electron chi connectivity index (χ0n) is 13.0. The standard InChI is InChI=1S/C16H25N3O2S/c17-13(18-15-5-1-11(9-15)2-6-15)22-14(21-20)19-16-7-3-12(10-16)4-8-16/h11-12,20H,1-10H2,(H2,17,18). The molecular weight excluding hydrogens is 298 g/mol. The summed E-state index contributed by atoms with van der Waals surface area (Å²) in [5.74, 6) is 1.66. The first-order valence-electron chi connectivity index (χ1n) is 8.55. The molecule has 0 unspecified atom stereocenters. The Balaban J connectivity index is 1.46. The smallest absolute Gasteiger partial charge is 0.294 e. The Morgan fingerprint density at radius 2 is 1.45 bits per heavy atom. The van der Waals surface area contributed by atoms with Crippen LogP contribution in [0.5, 0.6) is 0 Å². The minimum Gasteiger partial charge on any atom is -0.378 e. The topological polar surface area (TPSA) is 80.2 Å². The zero-order chi connectivity index (χ0) is 15.2. The Kier molecular flexibility index (Phi) is 3.64. The van der Waals surface area contributed by atoms with Crippen molar-refractivity contribution < 1.29 is 10.1 Å². The molecule has 0 atom stereocenters. The predicted molar refractivity (Wildman–Crippen MR) is 89.0 cm³/mol. The quantitative estimate of drug-likeness (QED) is 0.352. The summed E-state index contributed by atoms with van der Waals surface area (Å²) in [7, 11) is 0. The Bertz CT molecular complexity index is 504. The normalized spacial score (nSPS) is 44.0. The van der Waals surface area contributed by atoms with E-state index in [4.69, 9.17) is 15.7 Å². The molecule has 0 aliphatic heterocycles. The van der Waals surface area contributed by atoms with E-state index in [0.29, 0.717) is 5.17 Å². The summed E-state index contributed by atoms with van der Waals surface area (Å²) in [6.45, 7) is 0. The number of hydrogen-bond donors (Lipinski definition) is 2. The molecule has 122 valence electrons. The first kappa shape index (κ1) is 14.8. The molecule has 0 saturated heterocycles. The van der Waals surface area contributed by atoms with Crippen LogP contribution < -0.4 is 5.73 Å². The molecular formula is C16H25N3O2S. The van der Waals surface area contributed by atoms with Gasteiger partial charge in [0, 0.05) is 11.8 Å². The number of thioether (sulfide) groups is 1. The van der Waals surface area contributed by atoms with Gasteiger partial charge in [-0.1, -0.05) is 0 Å². The lowest BCUT2D eigenvalue weighted by atomic mass is 9.95. The number of nitrogens with zero attached hydrogens (tertiary/aromatic N) is 2. The number of rotatable bonds is 2. The number of fused-ring (bicyclic) bond motifs is 4.